The van der Waals surface area contributed by atoms with Gasteiger partial charge in [0.05, 0.1) is 0 Å². The smallest absolute Gasteiger partial charge is 0.250 e. The molecule has 0 spiro atoms. The van der Waals surface area contributed by atoms with Gasteiger partial charge in [-0.3, -0.25) is 4.79 Å². The number of fused-ring (bicyclic) bond motifs is 5. The molecule has 4 unspecified atom stereocenters. The number of rotatable bonds is 7. The number of hydrogen-bond donors (Lipinski definition) is 0. The SMILES string of the molecule is CC(C)(C)[Si](C)(C)Oc1ccc2c(c1)CC(CCCCCCl)C1C2[C@@H](F)C[C@]2(C)C(=O)CCC12. The maximum atomic E-state index is 16.0. The van der Waals surface area contributed by atoms with E-state index in [4.69, 9.17) is 16.0 Å². The van der Waals surface area contributed by atoms with Crippen LogP contribution in [0.3, 0.4) is 0 Å². The van der Waals surface area contributed by atoms with Crippen molar-refractivity contribution < 1.29 is 13.6 Å². The van der Waals surface area contributed by atoms with Crippen LogP contribution in [0, 0.1) is 23.2 Å². The molecular formula is C29H44ClFO2Si. The summed E-state index contributed by atoms with van der Waals surface area (Å²) in [5.41, 5.74) is 1.98. The molecule has 190 valence electrons. The fourth-order valence-electron chi connectivity index (χ4n) is 7.01. The zero-order valence-electron chi connectivity index (χ0n) is 22.1. The van der Waals surface area contributed by atoms with Crippen molar-refractivity contribution in [3.63, 3.8) is 0 Å². The van der Waals surface area contributed by atoms with Gasteiger partial charge in [-0.15, -0.1) is 11.6 Å². The predicted octanol–water partition coefficient (Wildman–Crippen LogP) is 8.47. The summed E-state index contributed by atoms with van der Waals surface area (Å²) in [5, 5.41) is 0.131. The highest BCUT2D eigenvalue weighted by molar-refractivity contribution is 6.74. The minimum absolute atomic E-state index is 0.0901. The summed E-state index contributed by atoms with van der Waals surface area (Å²) in [6.07, 6.45) is 6.35. The van der Waals surface area contributed by atoms with Crippen LogP contribution in [0.25, 0.3) is 0 Å². The number of carbonyl (C=O) groups is 1. The summed E-state index contributed by atoms with van der Waals surface area (Å²) in [6.45, 7) is 13.4. The Morgan fingerprint density at radius 3 is 2.62 bits per heavy atom. The van der Waals surface area contributed by atoms with Crippen molar-refractivity contribution in [3.8, 4) is 5.75 Å². The quantitative estimate of drug-likeness (QED) is 0.210. The molecule has 0 heterocycles. The van der Waals surface area contributed by atoms with E-state index >= 15 is 4.39 Å². The van der Waals surface area contributed by atoms with Crippen LogP contribution in [0.4, 0.5) is 4.39 Å². The van der Waals surface area contributed by atoms with Crippen molar-refractivity contribution in [3.05, 3.63) is 29.3 Å². The van der Waals surface area contributed by atoms with Crippen LogP contribution in [0.2, 0.25) is 18.1 Å². The fraction of sp³-hybridized carbons (Fsp3) is 0.759. The topological polar surface area (TPSA) is 26.3 Å². The second kappa shape index (κ2) is 9.54. The molecule has 3 aliphatic carbocycles. The lowest BCUT2D eigenvalue weighted by atomic mass is 9.51. The van der Waals surface area contributed by atoms with E-state index in [1.54, 1.807) is 0 Å². The Morgan fingerprint density at radius 1 is 1.21 bits per heavy atom. The van der Waals surface area contributed by atoms with Gasteiger partial charge in [-0.05, 0) is 91.2 Å². The number of Topliss-reactive ketones (excluding diaryl/α,β-unsaturated/α-hetero) is 1. The molecule has 0 saturated heterocycles. The molecule has 0 amide bonds. The standard InChI is InChI=1S/C29H44ClFO2Si/c1-28(2,3)34(5,6)33-21-11-12-22-20(17-21)16-19(10-8-7-9-15-30)26-23-13-14-25(32)29(23,4)18-24(31)27(22)26/h11-12,17,19,23-24,26-27H,7-10,13-16,18H2,1-6H3/t19?,23?,24-,26?,27?,29-/m0/s1. The van der Waals surface area contributed by atoms with Crippen molar-refractivity contribution in [1.82, 2.24) is 0 Å². The number of carbonyl (C=O) groups excluding carboxylic acids is 1. The highest BCUT2D eigenvalue weighted by Crippen LogP contribution is 2.62. The Morgan fingerprint density at radius 2 is 1.94 bits per heavy atom. The third kappa shape index (κ3) is 4.63. The van der Waals surface area contributed by atoms with E-state index in [1.165, 1.54) is 11.1 Å². The third-order valence-electron chi connectivity index (χ3n) is 9.91. The van der Waals surface area contributed by atoms with Crippen molar-refractivity contribution in [2.75, 3.05) is 5.88 Å². The molecule has 6 atom stereocenters. The van der Waals surface area contributed by atoms with Crippen molar-refractivity contribution >= 4 is 25.7 Å². The largest absolute Gasteiger partial charge is 0.543 e. The van der Waals surface area contributed by atoms with Gasteiger partial charge in [0.1, 0.15) is 17.7 Å². The van der Waals surface area contributed by atoms with Gasteiger partial charge in [-0.2, -0.15) is 0 Å². The average molecular weight is 507 g/mol. The Bertz CT molecular complexity index is 910. The lowest BCUT2D eigenvalue weighted by molar-refractivity contribution is -0.132. The van der Waals surface area contributed by atoms with Crippen molar-refractivity contribution in [2.45, 2.75) is 109 Å². The Hall–Kier alpha value is -0.873. The predicted molar refractivity (Wildman–Crippen MR) is 142 cm³/mol. The molecule has 1 aromatic rings. The number of alkyl halides is 2. The minimum atomic E-state index is -1.95. The Balaban J connectivity index is 1.68. The minimum Gasteiger partial charge on any atom is -0.543 e. The Labute approximate surface area is 212 Å². The molecule has 3 aliphatic rings. The number of benzene rings is 1. The lowest BCUT2D eigenvalue weighted by Gasteiger charge is -2.53. The van der Waals surface area contributed by atoms with Crippen LogP contribution in [-0.2, 0) is 11.2 Å². The molecular weight excluding hydrogens is 463 g/mol. The van der Waals surface area contributed by atoms with Crippen LogP contribution in [0.15, 0.2) is 18.2 Å². The molecule has 0 aromatic heterocycles. The summed E-state index contributed by atoms with van der Waals surface area (Å²) < 4.78 is 22.6. The third-order valence-corrected chi connectivity index (χ3v) is 14.5. The highest BCUT2D eigenvalue weighted by atomic mass is 35.5. The lowest BCUT2D eigenvalue weighted by Crippen LogP contribution is -2.50. The van der Waals surface area contributed by atoms with E-state index in [0.717, 1.165) is 44.3 Å². The van der Waals surface area contributed by atoms with Crippen LogP contribution in [-0.4, -0.2) is 26.2 Å². The highest BCUT2D eigenvalue weighted by Gasteiger charge is 2.60. The summed E-state index contributed by atoms with van der Waals surface area (Å²) >= 11 is 5.93. The molecule has 2 saturated carbocycles. The monoisotopic (exact) mass is 506 g/mol. The van der Waals surface area contributed by atoms with Crippen LogP contribution >= 0.6 is 11.6 Å². The van der Waals surface area contributed by atoms with E-state index in [0.29, 0.717) is 36.3 Å². The van der Waals surface area contributed by atoms with Crippen LogP contribution in [0.1, 0.15) is 89.7 Å². The van der Waals surface area contributed by atoms with E-state index in [1.807, 2.05) is 0 Å². The number of halogens is 2. The van der Waals surface area contributed by atoms with Gasteiger partial charge in [0, 0.05) is 23.6 Å². The second-order valence-electron chi connectivity index (χ2n) is 13.0. The first-order valence-corrected chi connectivity index (χ1v) is 16.9. The van der Waals surface area contributed by atoms with Gasteiger partial charge in [-0.25, -0.2) is 4.39 Å². The maximum absolute atomic E-state index is 16.0. The van der Waals surface area contributed by atoms with Gasteiger partial charge in [0.2, 0.25) is 8.32 Å². The molecule has 4 rings (SSSR count). The normalized spacial score (nSPS) is 33.3. The first-order valence-electron chi connectivity index (χ1n) is 13.4. The summed E-state index contributed by atoms with van der Waals surface area (Å²) in [6, 6.07) is 6.46. The summed E-state index contributed by atoms with van der Waals surface area (Å²) in [4.78, 5) is 12.9. The van der Waals surface area contributed by atoms with E-state index in [-0.39, 0.29) is 16.9 Å². The van der Waals surface area contributed by atoms with Gasteiger partial charge >= 0.3 is 0 Å². The first-order chi connectivity index (χ1) is 15.9. The van der Waals surface area contributed by atoms with Gasteiger partial charge in [0.25, 0.3) is 0 Å². The second-order valence-corrected chi connectivity index (χ2v) is 18.1. The summed E-state index contributed by atoms with van der Waals surface area (Å²) in [5.74, 6) is 2.84. The van der Waals surface area contributed by atoms with Gasteiger partial charge < -0.3 is 4.43 Å². The van der Waals surface area contributed by atoms with Crippen LogP contribution in [0.5, 0.6) is 5.75 Å². The molecule has 0 aliphatic heterocycles. The average Bonchev–Trinajstić information content (AvgIpc) is 3.03. The zero-order valence-corrected chi connectivity index (χ0v) is 23.8. The summed E-state index contributed by atoms with van der Waals surface area (Å²) in [7, 11) is -1.95. The van der Waals surface area contributed by atoms with E-state index in [9.17, 15) is 4.79 Å². The molecule has 34 heavy (non-hydrogen) atoms. The molecule has 0 N–H and O–H groups in total. The zero-order chi connectivity index (χ0) is 24.9. The maximum Gasteiger partial charge on any atom is 0.250 e. The van der Waals surface area contributed by atoms with Crippen molar-refractivity contribution in [2.24, 2.45) is 23.2 Å². The number of unbranched alkanes of at least 4 members (excludes halogenated alkanes) is 2. The van der Waals surface area contributed by atoms with Crippen molar-refractivity contribution in [1.29, 1.82) is 0 Å². The molecule has 5 heteroatoms. The fourth-order valence-corrected chi connectivity index (χ4v) is 8.22. The van der Waals surface area contributed by atoms with Gasteiger partial charge in [0.15, 0.2) is 0 Å². The first kappa shape index (κ1) is 26.2. The number of ketones is 1. The van der Waals surface area contributed by atoms with E-state index < -0.39 is 19.9 Å². The van der Waals surface area contributed by atoms with Crippen LogP contribution < -0.4 is 4.43 Å². The van der Waals surface area contributed by atoms with Gasteiger partial charge in [-0.1, -0.05) is 46.6 Å². The molecule has 0 bridgehead atoms. The van der Waals surface area contributed by atoms with E-state index in [2.05, 4.69) is 59.0 Å². The molecule has 0 radical (unpaired) electrons. The Kier molecular flexibility index (Phi) is 7.35. The molecule has 1 aromatic carbocycles. The molecule has 2 fully saturated rings. The molecule has 2 nitrogen and oxygen atoms in total. The number of hydrogen-bond acceptors (Lipinski definition) is 2.